The van der Waals surface area contributed by atoms with Crippen molar-refractivity contribution in [3.8, 4) is 0 Å². The lowest BCUT2D eigenvalue weighted by Crippen LogP contribution is -2.41. The van der Waals surface area contributed by atoms with Crippen molar-refractivity contribution in [2.24, 2.45) is 11.8 Å². The maximum absolute atomic E-state index is 4.38. The van der Waals surface area contributed by atoms with Crippen molar-refractivity contribution in [2.45, 2.75) is 39.0 Å². The summed E-state index contributed by atoms with van der Waals surface area (Å²) >= 11 is 0. The summed E-state index contributed by atoms with van der Waals surface area (Å²) in [5, 5.41) is 3.35. The first-order valence-corrected chi connectivity index (χ1v) is 7.80. The molecule has 2 aliphatic rings. The molecule has 0 amide bonds. The molecule has 0 spiro atoms. The number of hydrogen-bond donors (Lipinski definition) is 1. The first kappa shape index (κ1) is 12.8. The fourth-order valence-electron chi connectivity index (χ4n) is 3.74. The summed E-state index contributed by atoms with van der Waals surface area (Å²) in [5.41, 5.74) is 2.44. The lowest BCUT2D eigenvalue weighted by Gasteiger charge is -2.42. The molecule has 3 heteroatoms. The molecule has 3 nitrogen and oxygen atoms in total. The van der Waals surface area contributed by atoms with Gasteiger partial charge in [-0.3, -0.25) is 4.98 Å². The van der Waals surface area contributed by atoms with Gasteiger partial charge < -0.3 is 10.2 Å². The highest BCUT2D eigenvalue weighted by Crippen LogP contribution is 2.37. The monoisotopic (exact) mass is 259 g/mol. The maximum atomic E-state index is 4.38. The van der Waals surface area contributed by atoms with Gasteiger partial charge in [-0.2, -0.15) is 0 Å². The summed E-state index contributed by atoms with van der Waals surface area (Å²) in [7, 11) is 0. The van der Waals surface area contributed by atoms with Crippen LogP contribution in [0.1, 0.15) is 39.0 Å². The van der Waals surface area contributed by atoms with E-state index in [9.17, 15) is 0 Å². The molecule has 19 heavy (non-hydrogen) atoms. The minimum absolute atomic E-state index is 0.922. The van der Waals surface area contributed by atoms with Gasteiger partial charge in [0.05, 0.1) is 23.8 Å². The minimum atomic E-state index is 0.922. The van der Waals surface area contributed by atoms with Gasteiger partial charge in [0.15, 0.2) is 0 Å². The number of pyridine rings is 1. The highest BCUT2D eigenvalue weighted by Gasteiger charge is 2.31. The molecule has 1 saturated heterocycles. The lowest BCUT2D eigenvalue weighted by molar-refractivity contribution is 0.202. The average molecular weight is 259 g/mol. The van der Waals surface area contributed by atoms with Crippen LogP contribution < -0.4 is 10.2 Å². The van der Waals surface area contributed by atoms with Gasteiger partial charge in [-0.1, -0.05) is 19.3 Å². The van der Waals surface area contributed by atoms with E-state index in [0.29, 0.717) is 0 Å². The molecule has 2 atom stereocenters. The highest BCUT2D eigenvalue weighted by atomic mass is 15.1. The minimum Gasteiger partial charge on any atom is -0.384 e. The van der Waals surface area contributed by atoms with Crippen molar-refractivity contribution in [1.29, 1.82) is 0 Å². The second kappa shape index (κ2) is 5.81. The second-order valence-electron chi connectivity index (χ2n) is 6.00. The van der Waals surface area contributed by atoms with E-state index in [1.807, 2.05) is 12.4 Å². The molecule has 0 aromatic carbocycles. The maximum Gasteiger partial charge on any atom is 0.0573 e. The zero-order valence-corrected chi connectivity index (χ0v) is 11.9. The third-order valence-electron chi connectivity index (χ3n) is 4.76. The molecule has 1 aliphatic heterocycles. The Balaban J connectivity index is 1.70. The van der Waals surface area contributed by atoms with Crippen LogP contribution in [0.4, 0.5) is 11.4 Å². The summed E-state index contributed by atoms with van der Waals surface area (Å²) in [6.45, 7) is 5.52. The Morgan fingerprint density at radius 2 is 2.05 bits per heavy atom. The van der Waals surface area contributed by atoms with E-state index in [2.05, 4.69) is 28.2 Å². The van der Waals surface area contributed by atoms with Gasteiger partial charge in [0.25, 0.3) is 0 Å². The number of nitrogens with one attached hydrogen (secondary N) is 1. The Kier molecular flexibility index (Phi) is 3.90. The number of fused-ring (bicyclic) bond motifs is 1. The summed E-state index contributed by atoms with van der Waals surface area (Å²) < 4.78 is 0. The SMILES string of the molecule is CCNc1cncc(N2CCC3CCCCC3C2)c1. The molecule has 2 fully saturated rings. The van der Waals surface area contributed by atoms with Gasteiger partial charge in [-0.15, -0.1) is 0 Å². The first-order valence-electron chi connectivity index (χ1n) is 7.80. The predicted molar refractivity (Wildman–Crippen MR) is 80.7 cm³/mol. The zero-order chi connectivity index (χ0) is 13.1. The summed E-state index contributed by atoms with van der Waals surface area (Å²) in [6, 6.07) is 2.25. The van der Waals surface area contributed by atoms with Gasteiger partial charge in [-0.25, -0.2) is 0 Å². The van der Waals surface area contributed by atoms with Crippen molar-refractivity contribution in [1.82, 2.24) is 4.98 Å². The van der Waals surface area contributed by atoms with Crippen LogP contribution in [0.3, 0.4) is 0 Å². The third kappa shape index (κ3) is 2.85. The molecular formula is C16H25N3. The van der Waals surface area contributed by atoms with E-state index in [1.165, 1.54) is 50.9 Å². The molecule has 2 heterocycles. The fourth-order valence-corrected chi connectivity index (χ4v) is 3.74. The molecule has 1 aliphatic carbocycles. The Labute approximate surface area is 116 Å². The number of rotatable bonds is 3. The zero-order valence-electron chi connectivity index (χ0n) is 11.9. The molecule has 1 aromatic heterocycles. The van der Waals surface area contributed by atoms with Gasteiger partial charge in [0.2, 0.25) is 0 Å². The number of hydrogen-bond acceptors (Lipinski definition) is 3. The number of nitrogens with zero attached hydrogens (tertiary/aromatic N) is 2. The normalized spacial score (nSPS) is 26.9. The van der Waals surface area contributed by atoms with Crippen molar-refractivity contribution in [2.75, 3.05) is 29.9 Å². The second-order valence-corrected chi connectivity index (χ2v) is 6.00. The Morgan fingerprint density at radius 1 is 1.21 bits per heavy atom. The Hall–Kier alpha value is -1.25. The largest absolute Gasteiger partial charge is 0.384 e. The number of anilines is 2. The van der Waals surface area contributed by atoms with E-state index in [1.54, 1.807) is 0 Å². The molecule has 0 radical (unpaired) electrons. The average Bonchev–Trinajstić information content (AvgIpc) is 2.47. The smallest absolute Gasteiger partial charge is 0.0573 e. The van der Waals surface area contributed by atoms with E-state index < -0.39 is 0 Å². The first-order chi connectivity index (χ1) is 9.36. The van der Waals surface area contributed by atoms with Gasteiger partial charge in [0.1, 0.15) is 0 Å². The van der Waals surface area contributed by atoms with E-state index >= 15 is 0 Å². The van der Waals surface area contributed by atoms with Crippen molar-refractivity contribution in [3.05, 3.63) is 18.5 Å². The predicted octanol–water partition coefficient (Wildman–Crippen LogP) is 3.53. The summed E-state index contributed by atoms with van der Waals surface area (Å²) in [5.74, 6) is 1.92. The van der Waals surface area contributed by atoms with Crippen LogP contribution in [0.25, 0.3) is 0 Å². The van der Waals surface area contributed by atoms with Crippen molar-refractivity contribution >= 4 is 11.4 Å². The Bertz CT molecular complexity index is 418. The van der Waals surface area contributed by atoms with E-state index in [0.717, 1.165) is 24.1 Å². The van der Waals surface area contributed by atoms with Gasteiger partial charge in [-0.05, 0) is 37.7 Å². The fraction of sp³-hybridized carbons (Fsp3) is 0.688. The quantitative estimate of drug-likeness (QED) is 0.900. The molecule has 1 aromatic rings. The molecular weight excluding hydrogens is 234 g/mol. The van der Waals surface area contributed by atoms with E-state index in [4.69, 9.17) is 0 Å². The number of piperidine rings is 1. The summed E-state index contributed by atoms with van der Waals surface area (Å²) in [6.07, 6.45) is 11.1. The summed E-state index contributed by atoms with van der Waals surface area (Å²) in [4.78, 5) is 6.92. The topological polar surface area (TPSA) is 28.2 Å². The van der Waals surface area contributed by atoms with Gasteiger partial charge >= 0.3 is 0 Å². The third-order valence-corrected chi connectivity index (χ3v) is 4.76. The standard InChI is InChI=1S/C16H25N3/c1-2-18-15-9-16(11-17-10-15)19-8-7-13-5-3-4-6-14(13)12-19/h9-11,13-14,18H,2-8,12H2,1H3. The van der Waals surface area contributed by atoms with Crippen LogP contribution in [-0.2, 0) is 0 Å². The molecule has 2 unspecified atom stereocenters. The molecule has 1 N–H and O–H groups in total. The van der Waals surface area contributed by atoms with Crippen LogP contribution in [0.5, 0.6) is 0 Å². The van der Waals surface area contributed by atoms with E-state index in [-0.39, 0.29) is 0 Å². The number of aromatic nitrogens is 1. The van der Waals surface area contributed by atoms with Crippen LogP contribution in [0.15, 0.2) is 18.5 Å². The molecule has 3 rings (SSSR count). The van der Waals surface area contributed by atoms with Crippen molar-refractivity contribution < 1.29 is 0 Å². The molecule has 104 valence electrons. The highest BCUT2D eigenvalue weighted by molar-refractivity contribution is 5.55. The van der Waals surface area contributed by atoms with Gasteiger partial charge in [0, 0.05) is 19.6 Å². The lowest BCUT2D eigenvalue weighted by atomic mass is 9.75. The van der Waals surface area contributed by atoms with Crippen LogP contribution in [-0.4, -0.2) is 24.6 Å². The molecule has 1 saturated carbocycles. The van der Waals surface area contributed by atoms with Crippen molar-refractivity contribution in [3.63, 3.8) is 0 Å². The van der Waals surface area contributed by atoms with Crippen LogP contribution in [0.2, 0.25) is 0 Å². The van der Waals surface area contributed by atoms with Crippen LogP contribution in [0, 0.1) is 11.8 Å². The Morgan fingerprint density at radius 3 is 2.89 bits per heavy atom. The molecule has 0 bridgehead atoms. The van der Waals surface area contributed by atoms with Crippen LogP contribution >= 0.6 is 0 Å².